The van der Waals surface area contributed by atoms with E-state index in [0.717, 1.165) is 5.56 Å². The topological polar surface area (TPSA) is 34.1 Å². The SMILES string of the molecule is CC1CS(=O)(=O)c2ccccc21. The second-order valence-corrected chi connectivity index (χ2v) is 5.22. The van der Waals surface area contributed by atoms with Gasteiger partial charge in [0.25, 0.3) is 0 Å². The van der Waals surface area contributed by atoms with Crippen LogP contribution in [0.15, 0.2) is 29.2 Å². The molecular weight excluding hydrogens is 172 g/mol. The molecule has 2 nitrogen and oxygen atoms in total. The highest BCUT2D eigenvalue weighted by atomic mass is 32.2. The van der Waals surface area contributed by atoms with Gasteiger partial charge >= 0.3 is 0 Å². The Balaban J connectivity index is 2.74. The fourth-order valence-corrected chi connectivity index (χ4v) is 3.61. The summed E-state index contributed by atoms with van der Waals surface area (Å²) in [6.07, 6.45) is 0. The third-order valence-corrected chi connectivity index (χ3v) is 4.24. The third kappa shape index (κ3) is 0.966. The number of rotatable bonds is 0. The predicted molar refractivity (Wildman–Crippen MR) is 46.9 cm³/mol. The Bertz CT molecular complexity index is 406. The first kappa shape index (κ1) is 7.80. The van der Waals surface area contributed by atoms with E-state index in [-0.39, 0.29) is 11.7 Å². The number of hydrogen-bond acceptors (Lipinski definition) is 2. The molecule has 1 atom stereocenters. The summed E-state index contributed by atoms with van der Waals surface area (Å²) in [7, 11) is -2.95. The molecule has 0 aliphatic carbocycles. The molecule has 0 aromatic heterocycles. The van der Waals surface area contributed by atoms with Gasteiger partial charge in [-0.3, -0.25) is 0 Å². The Morgan fingerprint density at radius 2 is 2.00 bits per heavy atom. The van der Waals surface area contributed by atoms with Crippen LogP contribution in [0.2, 0.25) is 0 Å². The Morgan fingerprint density at radius 3 is 2.67 bits per heavy atom. The molecule has 0 bridgehead atoms. The quantitative estimate of drug-likeness (QED) is 0.610. The highest BCUT2D eigenvalue weighted by Gasteiger charge is 2.30. The van der Waals surface area contributed by atoms with Crippen LogP contribution >= 0.6 is 0 Å². The molecule has 64 valence electrons. The molecule has 0 N–H and O–H groups in total. The molecule has 3 heteroatoms. The van der Waals surface area contributed by atoms with Gasteiger partial charge in [-0.15, -0.1) is 0 Å². The van der Waals surface area contributed by atoms with Crippen LogP contribution in [0.1, 0.15) is 18.4 Å². The van der Waals surface area contributed by atoms with Crippen LogP contribution < -0.4 is 0 Å². The molecule has 1 aromatic carbocycles. The Kier molecular flexibility index (Phi) is 1.51. The first-order valence-electron chi connectivity index (χ1n) is 3.93. The van der Waals surface area contributed by atoms with Crippen molar-refractivity contribution in [3.63, 3.8) is 0 Å². The van der Waals surface area contributed by atoms with Crippen molar-refractivity contribution in [2.45, 2.75) is 17.7 Å². The van der Waals surface area contributed by atoms with Gasteiger partial charge in [-0.05, 0) is 17.5 Å². The molecule has 2 rings (SSSR count). The molecular formula is C9H10O2S. The zero-order chi connectivity index (χ0) is 8.77. The van der Waals surface area contributed by atoms with Crippen molar-refractivity contribution in [3.8, 4) is 0 Å². The van der Waals surface area contributed by atoms with E-state index >= 15 is 0 Å². The maximum Gasteiger partial charge on any atom is 0.179 e. The van der Waals surface area contributed by atoms with Crippen LogP contribution in [0.3, 0.4) is 0 Å². The Morgan fingerprint density at radius 1 is 1.33 bits per heavy atom. The molecule has 0 saturated carbocycles. The minimum atomic E-state index is -2.95. The van der Waals surface area contributed by atoms with E-state index in [1.807, 2.05) is 19.1 Å². The number of sulfone groups is 1. The largest absolute Gasteiger partial charge is 0.224 e. The lowest BCUT2D eigenvalue weighted by Crippen LogP contribution is -2.00. The summed E-state index contributed by atoms with van der Waals surface area (Å²) in [6, 6.07) is 7.24. The van der Waals surface area contributed by atoms with Crippen LogP contribution in [0.25, 0.3) is 0 Å². The Labute approximate surface area is 72.1 Å². The summed E-state index contributed by atoms with van der Waals surface area (Å²) in [5.74, 6) is 0.429. The smallest absolute Gasteiger partial charge is 0.179 e. The second-order valence-electron chi connectivity index (χ2n) is 3.22. The lowest BCUT2D eigenvalue weighted by molar-refractivity contribution is 0.598. The van der Waals surface area contributed by atoms with E-state index in [2.05, 4.69) is 0 Å². The van der Waals surface area contributed by atoms with Crippen molar-refractivity contribution in [1.29, 1.82) is 0 Å². The molecule has 0 fully saturated rings. The van der Waals surface area contributed by atoms with Crippen molar-refractivity contribution < 1.29 is 8.42 Å². The van der Waals surface area contributed by atoms with Crippen LogP contribution in [0.4, 0.5) is 0 Å². The van der Waals surface area contributed by atoms with E-state index in [4.69, 9.17) is 0 Å². The first-order valence-corrected chi connectivity index (χ1v) is 5.58. The molecule has 1 aromatic rings. The van der Waals surface area contributed by atoms with Crippen molar-refractivity contribution >= 4 is 9.84 Å². The maximum absolute atomic E-state index is 11.5. The fourth-order valence-electron chi connectivity index (χ4n) is 1.68. The zero-order valence-corrected chi connectivity index (χ0v) is 7.64. The van der Waals surface area contributed by atoms with Crippen LogP contribution in [-0.4, -0.2) is 14.2 Å². The molecule has 1 unspecified atom stereocenters. The molecule has 0 spiro atoms. The standard InChI is InChI=1S/C9H10O2S/c1-7-6-12(10,11)9-5-3-2-4-8(7)9/h2-5,7H,6H2,1H3. The third-order valence-electron chi connectivity index (χ3n) is 2.25. The van der Waals surface area contributed by atoms with E-state index in [9.17, 15) is 8.42 Å². The average Bonchev–Trinajstić information content (AvgIpc) is 2.25. The van der Waals surface area contributed by atoms with E-state index in [0.29, 0.717) is 4.90 Å². The van der Waals surface area contributed by atoms with Gasteiger partial charge in [0.15, 0.2) is 9.84 Å². The summed E-state index contributed by atoms with van der Waals surface area (Å²) in [5.41, 5.74) is 0.970. The van der Waals surface area contributed by atoms with Crippen molar-refractivity contribution in [3.05, 3.63) is 29.8 Å². The minimum Gasteiger partial charge on any atom is -0.224 e. The zero-order valence-electron chi connectivity index (χ0n) is 6.82. The van der Waals surface area contributed by atoms with E-state index in [1.165, 1.54) is 0 Å². The fraction of sp³-hybridized carbons (Fsp3) is 0.333. The second kappa shape index (κ2) is 2.33. The molecule has 12 heavy (non-hydrogen) atoms. The number of fused-ring (bicyclic) bond motifs is 1. The van der Waals surface area contributed by atoms with Gasteiger partial charge in [0.05, 0.1) is 10.6 Å². The molecule has 1 heterocycles. The predicted octanol–water partition coefficient (Wildman–Crippen LogP) is 1.58. The van der Waals surface area contributed by atoms with Crippen LogP contribution in [-0.2, 0) is 9.84 Å². The van der Waals surface area contributed by atoms with Crippen molar-refractivity contribution in [1.82, 2.24) is 0 Å². The number of benzene rings is 1. The van der Waals surface area contributed by atoms with Crippen LogP contribution in [0.5, 0.6) is 0 Å². The highest BCUT2D eigenvalue weighted by Crippen LogP contribution is 2.33. The molecule has 0 radical (unpaired) electrons. The minimum absolute atomic E-state index is 0.159. The van der Waals surface area contributed by atoms with E-state index in [1.54, 1.807) is 12.1 Å². The summed E-state index contributed by atoms with van der Waals surface area (Å²) in [6.45, 7) is 1.95. The molecule has 1 aliphatic rings. The summed E-state index contributed by atoms with van der Waals surface area (Å²) >= 11 is 0. The van der Waals surface area contributed by atoms with Crippen molar-refractivity contribution in [2.75, 3.05) is 5.75 Å². The molecule has 0 amide bonds. The summed E-state index contributed by atoms with van der Waals surface area (Å²) in [4.78, 5) is 0.525. The number of hydrogen-bond donors (Lipinski definition) is 0. The van der Waals surface area contributed by atoms with Gasteiger partial charge in [-0.2, -0.15) is 0 Å². The molecule has 1 aliphatic heterocycles. The first-order chi connectivity index (χ1) is 5.61. The lowest BCUT2D eigenvalue weighted by Gasteiger charge is -1.98. The Hall–Kier alpha value is -0.830. The average molecular weight is 182 g/mol. The monoisotopic (exact) mass is 182 g/mol. The van der Waals surface area contributed by atoms with Gasteiger partial charge in [0, 0.05) is 0 Å². The summed E-state index contributed by atoms with van der Waals surface area (Å²) in [5, 5.41) is 0. The van der Waals surface area contributed by atoms with Crippen LogP contribution in [0, 0.1) is 0 Å². The van der Waals surface area contributed by atoms with Gasteiger partial charge < -0.3 is 0 Å². The van der Waals surface area contributed by atoms with E-state index < -0.39 is 9.84 Å². The van der Waals surface area contributed by atoms with Gasteiger partial charge in [0.1, 0.15) is 0 Å². The highest BCUT2D eigenvalue weighted by molar-refractivity contribution is 7.91. The lowest BCUT2D eigenvalue weighted by atomic mass is 10.0. The van der Waals surface area contributed by atoms with Gasteiger partial charge in [-0.25, -0.2) is 8.42 Å². The van der Waals surface area contributed by atoms with Gasteiger partial charge in [-0.1, -0.05) is 25.1 Å². The molecule has 0 saturated heterocycles. The van der Waals surface area contributed by atoms with Gasteiger partial charge in [0.2, 0.25) is 0 Å². The normalized spacial score (nSPS) is 25.2. The summed E-state index contributed by atoms with van der Waals surface area (Å²) < 4.78 is 22.9. The maximum atomic E-state index is 11.5. The van der Waals surface area contributed by atoms with Crippen molar-refractivity contribution in [2.24, 2.45) is 0 Å².